The molecular weight excluding hydrogens is 340 g/mol. The smallest absolute Gasteiger partial charge is 0.122 e. The van der Waals surface area contributed by atoms with Crippen LogP contribution in [0.2, 0.25) is 0 Å². The van der Waals surface area contributed by atoms with Crippen LogP contribution in [0.5, 0.6) is 5.75 Å². The molecule has 0 N–H and O–H groups in total. The third kappa shape index (κ3) is 6.01. The summed E-state index contributed by atoms with van der Waals surface area (Å²) < 4.78 is 5.80. The lowest BCUT2D eigenvalue weighted by Crippen LogP contribution is -2.08. The Bertz CT molecular complexity index is 598. The lowest BCUT2D eigenvalue weighted by atomic mass is 9.85. The first kappa shape index (κ1) is 21.7. The highest BCUT2D eigenvalue weighted by Crippen LogP contribution is 2.49. The van der Waals surface area contributed by atoms with Gasteiger partial charge in [-0.2, -0.15) is 0 Å². The van der Waals surface area contributed by atoms with E-state index in [9.17, 15) is 0 Å². The van der Waals surface area contributed by atoms with Crippen LogP contribution in [0, 0.1) is 29.6 Å². The average Bonchev–Trinajstić information content (AvgIpc) is 3.47. The van der Waals surface area contributed by atoms with Gasteiger partial charge in [0.25, 0.3) is 0 Å². The molecule has 2 aliphatic carbocycles. The molecule has 1 nitrogen and oxygen atoms in total. The second-order valence-corrected chi connectivity index (χ2v) is 10.5. The molecule has 158 valence electrons. The van der Waals surface area contributed by atoms with E-state index in [2.05, 4.69) is 45.9 Å². The number of ether oxygens (including phenoxy) is 1. The first-order chi connectivity index (χ1) is 13.5. The SMILES string of the molecule is COc1cc(C(C)CC(C)C)ccc1CC(C)[C@H]1C[C@H]1CCC1CCCCC1. The van der Waals surface area contributed by atoms with Crippen LogP contribution < -0.4 is 4.74 Å². The third-order valence-corrected chi connectivity index (χ3v) is 7.63. The molecule has 0 spiro atoms. The zero-order valence-electron chi connectivity index (χ0n) is 19.2. The molecule has 28 heavy (non-hydrogen) atoms. The molecule has 2 fully saturated rings. The predicted molar refractivity (Wildman–Crippen MR) is 121 cm³/mol. The van der Waals surface area contributed by atoms with E-state index in [1.807, 2.05) is 7.11 Å². The Labute approximate surface area is 174 Å². The number of hydrogen-bond donors (Lipinski definition) is 0. The zero-order chi connectivity index (χ0) is 20.1. The summed E-state index contributed by atoms with van der Waals surface area (Å²) in [7, 11) is 1.84. The molecule has 0 aliphatic heterocycles. The Morgan fingerprint density at radius 1 is 1.00 bits per heavy atom. The van der Waals surface area contributed by atoms with Gasteiger partial charge in [-0.3, -0.25) is 0 Å². The maximum atomic E-state index is 5.80. The van der Waals surface area contributed by atoms with Crippen molar-refractivity contribution in [2.75, 3.05) is 7.11 Å². The zero-order valence-corrected chi connectivity index (χ0v) is 19.2. The maximum Gasteiger partial charge on any atom is 0.122 e. The molecule has 1 aromatic rings. The predicted octanol–water partition coefficient (Wildman–Crippen LogP) is 8.02. The topological polar surface area (TPSA) is 9.23 Å². The van der Waals surface area contributed by atoms with Crippen LogP contribution in [0.15, 0.2) is 18.2 Å². The van der Waals surface area contributed by atoms with Crippen molar-refractivity contribution in [3.63, 3.8) is 0 Å². The molecule has 0 bridgehead atoms. The van der Waals surface area contributed by atoms with E-state index in [0.29, 0.717) is 5.92 Å². The van der Waals surface area contributed by atoms with Gasteiger partial charge in [0.05, 0.1) is 7.11 Å². The summed E-state index contributed by atoms with van der Waals surface area (Å²) in [5.74, 6) is 6.24. The van der Waals surface area contributed by atoms with Gasteiger partial charge in [-0.05, 0) is 78.4 Å². The summed E-state index contributed by atoms with van der Waals surface area (Å²) in [4.78, 5) is 0. The summed E-state index contributed by atoms with van der Waals surface area (Å²) in [5, 5.41) is 0. The van der Waals surface area contributed by atoms with Gasteiger partial charge in [0.1, 0.15) is 5.75 Å². The normalized spacial score (nSPS) is 24.9. The molecule has 0 aromatic heterocycles. The molecule has 4 atom stereocenters. The number of rotatable bonds is 10. The Hall–Kier alpha value is -0.980. The van der Waals surface area contributed by atoms with Crippen molar-refractivity contribution in [2.24, 2.45) is 29.6 Å². The van der Waals surface area contributed by atoms with Crippen LogP contribution in [0.25, 0.3) is 0 Å². The van der Waals surface area contributed by atoms with Gasteiger partial charge >= 0.3 is 0 Å². The van der Waals surface area contributed by atoms with E-state index in [-0.39, 0.29) is 0 Å². The Balaban J connectivity index is 1.50. The van der Waals surface area contributed by atoms with Crippen LogP contribution in [-0.2, 0) is 6.42 Å². The van der Waals surface area contributed by atoms with Gasteiger partial charge in [0, 0.05) is 0 Å². The van der Waals surface area contributed by atoms with E-state index in [0.717, 1.165) is 35.3 Å². The Morgan fingerprint density at radius 3 is 2.43 bits per heavy atom. The summed E-state index contributed by atoms with van der Waals surface area (Å²) in [6.45, 7) is 9.44. The summed E-state index contributed by atoms with van der Waals surface area (Å²) in [6, 6.07) is 7.01. The van der Waals surface area contributed by atoms with Crippen molar-refractivity contribution >= 4 is 0 Å². The highest BCUT2D eigenvalue weighted by molar-refractivity contribution is 5.39. The molecule has 1 aromatic carbocycles. The lowest BCUT2D eigenvalue weighted by Gasteiger charge is -2.21. The van der Waals surface area contributed by atoms with Crippen molar-refractivity contribution < 1.29 is 4.74 Å². The van der Waals surface area contributed by atoms with Gasteiger partial charge in [0.2, 0.25) is 0 Å². The van der Waals surface area contributed by atoms with Crippen molar-refractivity contribution in [1.29, 1.82) is 0 Å². The maximum absolute atomic E-state index is 5.80. The highest BCUT2D eigenvalue weighted by atomic mass is 16.5. The molecule has 0 saturated heterocycles. The first-order valence-electron chi connectivity index (χ1n) is 12.1. The first-order valence-corrected chi connectivity index (χ1v) is 12.1. The van der Waals surface area contributed by atoms with Gasteiger partial charge in [0.15, 0.2) is 0 Å². The van der Waals surface area contributed by atoms with Crippen molar-refractivity contribution in [2.45, 2.75) is 97.8 Å². The Morgan fingerprint density at radius 2 is 1.75 bits per heavy atom. The summed E-state index contributed by atoms with van der Waals surface area (Å²) in [5.41, 5.74) is 2.84. The second kappa shape index (κ2) is 10.2. The number of methoxy groups -OCH3 is 1. The monoisotopic (exact) mass is 384 g/mol. The summed E-state index contributed by atoms with van der Waals surface area (Å²) >= 11 is 0. The largest absolute Gasteiger partial charge is 0.496 e. The van der Waals surface area contributed by atoms with E-state index in [1.54, 1.807) is 0 Å². The van der Waals surface area contributed by atoms with Crippen molar-refractivity contribution in [3.8, 4) is 5.75 Å². The molecular formula is C27H44O. The van der Waals surface area contributed by atoms with Crippen LogP contribution in [0.1, 0.15) is 103 Å². The third-order valence-electron chi connectivity index (χ3n) is 7.63. The Kier molecular flexibility index (Phi) is 7.89. The minimum atomic E-state index is 0.605. The lowest BCUT2D eigenvalue weighted by molar-refractivity contribution is 0.319. The number of hydrogen-bond acceptors (Lipinski definition) is 1. The minimum Gasteiger partial charge on any atom is -0.496 e. The van der Waals surface area contributed by atoms with E-state index < -0.39 is 0 Å². The molecule has 0 radical (unpaired) electrons. The fraction of sp³-hybridized carbons (Fsp3) is 0.778. The minimum absolute atomic E-state index is 0.605. The van der Waals surface area contributed by atoms with Gasteiger partial charge in [-0.1, -0.05) is 78.4 Å². The van der Waals surface area contributed by atoms with Crippen LogP contribution >= 0.6 is 0 Å². The van der Waals surface area contributed by atoms with E-state index >= 15 is 0 Å². The average molecular weight is 385 g/mol. The van der Waals surface area contributed by atoms with Crippen molar-refractivity contribution in [3.05, 3.63) is 29.3 Å². The van der Waals surface area contributed by atoms with Crippen molar-refractivity contribution in [1.82, 2.24) is 0 Å². The number of benzene rings is 1. The van der Waals surface area contributed by atoms with E-state index in [4.69, 9.17) is 4.74 Å². The van der Waals surface area contributed by atoms with Crippen LogP contribution in [0.4, 0.5) is 0 Å². The standard InChI is InChI=1S/C27H44O/c1-19(2)15-20(3)23-13-14-25(27(18-23)28-5)16-21(4)26-17-24(26)12-11-22-9-7-6-8-10-22/h13-14,18-22,24,26H,6-12,15-17H2,1-5H3/t20?,21?,24-,26-/m1/s1. The van der Waals surface area contributed by atoms with Gasteiger partial charge < -0.3 is 4.74 Å². The molecule has 1 heteroatoms. The summed E-state index contributed by atoms with van der Waals surface area (Å²) in [6.07, 6.45) is 14.3. The van der Waals surface area contributed by atoms with Gasteiger partial charge in [-0.15, -0.1) is 0 Å². The molecule has 2 saturated carbocycles. The fourth-order valence-electron chi connectivity index (χ4n) is 5.80. The molecule has 2 unspecified atom stereocenters. The fourth-order valence-corrected chi connectivity index (χ4v) is 5.80. The van der Waals surface area contributed by atoms with Gasteiger partial charge in [-0.25, -0.2) is 0 Å². The molecule has 0 heterocycles. The second-order valence-electron chi connectivity index (χ2n) is 10.5. The molecule has 0 amide bonds. The van der Waals surface area contributed by atoms with Crippen LogP contribution in [-0.4, -0.2) is 7.11 Å². The molecule has 3 rings (SSSR count). The van der Waals surface area contributed by atoms with E-state index in [1.165, 1.54) is 75.3 Å². The van der Waals surface area contributed by atoms with Crippen LogP contribution in [0.3, 0.4) is 0 Å². The molecule has 2 aliphatic rings. The quantitative estimate of drug-likeness (QED) is 0.397. The highest BCUT2D eigenvalue weighted by Gasteiger charge is 2.40.